The molecule has 1 atom stereocenters. The van der Waals surface area contributed by atoms with Crippen LogP contribution in [0.4, 0.5) is 10.5 Å². The Balaban J connectivity index is 1.61. The lowest BCUT2D eigenvalue weighted by Crippen LogP contribution is -2.38. The highest BCUT2D eigenvalue weighted by atomic mass is 16.2. The number of hydrogen-bond donors (Lipinski definition) is 2. The molecule has 0 unspecified atom stereocenters. The molecule has 0 aromatic heterocycles. The number of hydrogen-bond acceptors (Lipinski definition) is 3. The van der Waals surface area contributed by atoms with Crippen LogP contribution in [0.1, 0.15) is 11.1 Å². The summed E-state index contributed by atoms with van der Waals surface area (Å²) in [5, 5.41) is 5.34. The van der Waals surface area contributed by atoms with E-state index >= 15 is 0 Å². The predicted octanol–water partition coefficient (Wildman–Crippen LogP) is 2.10. The highest BCUT2D eigenvalue weighted by Gasteiger charge is 2.38. The summed E-state index contributed by atoms with van der Waals surface area (Å²) in [5.41, 5.74) is 2.60. The molecular weight excluding hydrogens is 318 g/mol. The summed E-state index contributed by atoms with van der Waals surface area (Å²) < 4.78 is 0. The average Bonchev–Trinajstić information content (AvgIpc) is 2.83. The Morgan fingerprint density at radius 1 is 1.12 bits per heavy atom. The molecule has 2 aromatic carbocycles. The molecule has 2 aromatic rings. The zero-order valence-electron chi connectivity index (χ0n) is 13.9. The topological polar surface area (TPSA) is 78.5 Å². The molecule has 2 N–H and O–H groups in total. The van der Waals surface area contributed by atoms with Crippen LogP contribution in [-0.2, 0) is 16.0 Å². The van der Waals surface area contributed by atoms with E-state index in [4.69, 9.17) is 0 Å². The maximum atomic E-state index is 12.4. The van der Waals surface area contributed by atoms with E-state index in [9.17, 15) is 14.4 Å². The third kappa shape index (κ3) is 4.03. The molecule has 1 aliphatic rings. The van der Waals surface area contributed by atoms with Gasteiger partial charge < -0.3 is 10.6 Å². The molecule has 0 aliphatic carbocycles. The Hall–Kier alpha value is -3.15. The number of nitrogens with one attached hydrogen (secondary N) is 2. The van der Waals surface area contributed by atoms with Gasteiger partial charge in [0.15, 0.2) is 0 Å². The van der Waals surface area contributed by atoms with Gasteiger partial charge in [-0.2, -0.15) is 0 Å². The van der Waals surface area contributed by atoms with Gasteiger partial charge in [0.2, 0.25) is 5.91 Å². The summed E-state index contributed by atoms with van der Waals surface area (Å²) in [4.78, 5) is 37.6. The lowest BCUT2D eigenvalue weighted by Gasteiger charge is -2.13. The fourth-order valence-corrected chi connectivity index (χ4v) is 2.78. The first-order valence-corrected chi connectivity index (χ1v) is 8.05. The second-order valence-electron chi connectivity index (χ2n) is 6.03. The van der Waals surface area contributed by atoms with Crippen molar-refractivity contribution < 1.29 is 14.4 Å². The zero-order chi connectivity index (χ0) is 17.8. The summed E-state index contributed by atoms with van der Waals surface area (Å²) in [5.74, 6) is -0.789. The van der Waals surface area contributed by atoms with Gasteiger partial charge in [0.1, 0.15) is 12.6 Å². The van der Waals surface area contributed by atoms with Gasteiger partial charge in [0.05, 0.1) is 0 Å². The fourth-order valence-electron chi connectivity index (χ4n) is 2.78. The van der Waals surface area contributed by atoms with Crippen molar-refractivity contribution >= 4 is 23.5 Å². The molecule has 0 spiro atoms. The lowest BCUT2D eigenvalue weighted by atomic mass is 10.1. The van der Waals surface area contributed by atoms with Crippen LogP contribution < -0.4 is 10.6 Å². The smallest absolute Gasteiger partial charge is 0.325 e. The van der Waals surface area contributed by atoms with E-state index in [1.165, 1.54) is 0 Å². The fraction of sp³-hybridized carbons (Fsp3) is 0.211. The zero-order valence-corrected chi connectivity index (χ0v) is 13.9. The van der Waals surface area contributed by atoms with Crippen molar-refractivity contribution in [2.75, 3.05) is 11.9 Å². The largest absolute Gasteiger partial charge is 0.325 e. The van der Waals surface area contributed by atoms with E-state index in [1.807, 2.05) is 55.5 Å². The van der Waals surface area contributed by atoms with Gasteiger partial charge in [-0.05, 0) is 30.2 Å². The van der Waals surface area contributed by atoms with Crippen LogP contribution in [-0.4, -0.2) is 35.3 Å². The molecule has 0 saturated carbocycles. The van der Waals surface area contributed by atoms with Crippen LogP contribution >= 0.6 is 0 Å². The van der Waals surface area contributed by atoms with Gasteiger partial charge in [0, 0.05) is 12.1 Å². The Morgan fingerprint density at radius 2 is 1.88 bits per heavy atom. The monoisotopic (exact) mass is 337 g/mol. The number of imide groups is 1. The van der Waals surface area contributed by atoms with Gasteiger partial charge in [0.25, 0.3) is 5.91 Å². The third-order valence-corrected chi connectivity index (χ3v) is 3.99. The van der Waals surface area contributed by atoms with E-state index in [0.29, 0.717) is 12.1 Å². The van der Waals surface area contributed by atoms with Crippen LogP contribution in [0.15, 0.2) is 54.6 Å². The van der Waals surface area contributed by atoms with Crippen molar-refractivity contribution in [1.82, 2.24) is 10.2 Å². The van der Waals surface area contributed by atoms with Gasteiger partial charge in [-0.3, -0.25) is 14.5 Å². The number of carbonyl (C=O) groups is 3. The molecule has 1 heterocycles. The Labute approximate surface area is 145 Å². The normalized spacial score (nSPS) is 16.7. The number of anilines is 1. The minimum atomic E-state index is -0.637. The maximum Gasteiger partial charge on any atom is 0.325 e. The number of amides is 4. The van der Waals surface area contributed by atoms with E-state index in [1.54, 1.807) is 6.07 Å². The van der Waals surface area contributed by atoms with Crippen molar-refractivity contribution in [2.24, 2.45) is 0 Å². The van der Waals surface area contributed by atoms with Crippen molar-refractivity contribution in [3.63, 3.8) is 0 Å². The number of rotatable bonds is 5. The average molecular weight is 337 g/mol. The van der Waals surface area contributed by atoms with E-state index in [-0.39, 0.29) is 12.5 Å². The molecule has 25 heavy (non-hydrogen) atoms. The second kappa shape index (κ2) is 7.17. The first-order chi connectivity index (χ1) is 12.0. The molecule has 3 rings (SSSR count). The molecule has 6 heteroatoms. The summed E-state index contributed by atoms with van der Waals surface area (Å²) >= 11 is 0. The van der Waals surface area contributed by atoms with Gasteiger partial charge in [-0.15, -0.1) is 0 Å². The highest BCUT2D eigenvalue weighted by molar-refractivity contribution is 6.08. The lowest BCUT2D eigenvalue weighted by molar-refractivity contribution is -0.130. The van der Waals surface area contributed by atoms with Crippen LogP contribution in [0.25, 0.3) is 0 Å². The predicted molar refractivity (Wildman–Crippen MR) is 94.0 cm³/mol. The molecule has 1 saturated heterocycles. The Kier molecular flexibility index (Phi) is 4.79. The summed E-state index contributed by atoms with van der Waals surface area (Å²) in [7, 11) is 0. The van der Waals surface area contributed by atoms with Crippen LogP contribution in [0.2, 0.25) is 0 Å². The molecule has 4 amide bonds. The van der Waals surface area contributed by atoms with Crippen LogP contribution in [0.3, 0.4) is 0 Å². The quantitative estimate of drug-likeness (QED) is 0.820. The second-order valence-corrected chi connectivity index (χ2v) is 6.03. The van der Waals surface area contributed by atoms with Gasteiger partial charge >= 0.3 is 6.03 Å². The van der Waals surface area contributed by atoms with Crippen molar-refractivity contribution in [3.05, 3.63) is 65.7 Å². The number of carbonyl (C=O) groups excluding carboxylic acids is 3. The number of benzene rings is 2. The van der Waals surface area contributed by atoms with Gasteiger partial charge in [-0.25, -0.2) is 4.79 Å². The SMILES string of the molecule is Cc1cccc(NC(=O)CN2C(=O)N[C@H](Cc3ccccc3)C2=O)c1. The molecule has 1 aliphatic heterocycles. The van der Waals surface area contributed by atoms with Crippen molar-refractivity contribution in [3.8, 4) is 0 Å². The van der Waals surface area contributed by atoms with Crippen LogP contribution in [0, 0.1) is 6.92 Å². The number of aryl methyl sites for hydroxylation is 1. The standard InChI is InChI=1S/C19H19N3O3/c1-13-6-5-9-15(10-13)20-17(23)12-22-18(24)16(21-19(22)25)11-14-7-3-2-4-8-14/h2-10,16H,11-12H2,1H3,(H,20,23)(H,21,25)/t16-/m1/s1. The highest BCUT2D eigenvalue weighted by Crippen LogP contribution is 2.13. The maximum absolute atomic E-state index is 12.4. The van der Waals surface area contributed by atoms with E-state index in [0.717, 1.165) is 16.0 Å². The first-order valence-electron chi connectivity index (χ1n) is 8.05. The number of nitrogens with zero attached hydrogens (tertiary/aromatic N) is 1. The van der Waals surface area contributed by atoms with E-state index in [2.05, 4.69) is 10.6 Å². The van der Waals surface area contributed by atoms with Crippen LogP contribution in [0.5, 0.6) is 0 Å². The number of urea groups is 1. The Morgan fingerprint density at radius 3 is 2.60 bits per heavy atom. The molecule has 6 nitrogen and oxygen atoms in total. The summed E-state index contributed by atoms with van der Waals surface area (Å²) in [6.07, 6.45) is 0.404. The Bertz CT molecular complexity index is 805. The van der Waals surface area contributed by atoms with E-state index < -0.39 is 18.0 Å². The molecule has 0 bridgehead atoms. The molecular formula is C19H19N3O3. The molecule has 0 radical (unpaired) electrons. The summed E-state index contributed by atoms with van der Waals surface area (Å²) in [6.45, 7) is 1.62. The van der Waals surface area contributed by atoms with Crippen molar-refractivity contribution in [2.45, 2.75) is 19.4 Å². The van der Waals surface area contributed by atoms with Gasteiger partial charge in [-0.1, -0.05) is 42.5 Å². The van der Waals surface area contributed by atoms with Crippen molar-refractivity contribution in [1.29, 1.82) is 0 Å². The summed E-state index contributed by atoms with van der Waals surface area (Å²) in [6, 6.07) is 15.6. The minimum Gasteiger partial charge on any atom is -0.325 e. The molecule has 1 fully saturated rings. The minimum absolute atomic E-state index is 0.302. The third-order valence-electron chi connectivity index (χ3n) is 3.99. The first kappa shape index (κ1) is 16.7. The molecule has 128 valence electrons.